The summed E-state index contributed by atoms with van der Waals surface area (Å²) < 4.78 is 0. The van der Waals surface area contributed by atoms with Gasteiger partial charge in [-0.2, -0.15) is 0 Å². The summed E-state index contributed by atoms with van der Waals surface area (Å²) in [5.41, 5.74) is 5.72. The first-order valence-electron chi connectivity index (χ1n) is 8.20. The zero-order valence-electron chi connectivity index (χ0n) is 12.4. The van der Waals surface area contributed by atoms with Gasteiger partial charge in [0.25, 0.3) is 0 Å². The number of amides is 1. The summed E-state index contributed by atoms with van der Waals surface area (Å²) in [6.45, 7) is 5.07. The van der Waals surface area contributed by atoms with E-state index in [1.165, 1.54) is 44.9 Å². The quantitative estimate of drug-likeness (QED) is 0.850. The third-order valence-electron chi connectivity index (χ3n) is 5.21. The average molecular weight is 266 g/mol. The zero-order valence-corrected chi connectivity index (χ0v) is 12.4. The average Bonchev–Trinajstić information content (AvgIpc) is 2.48. The Labute approximate surface area is 117 Å². The molecule has 2 aliphatic rings. The van der Waals surface area contributed by atoms with Gasteiger partial charge in [0.1, 0.15) is 0 Å². The van der Waals surface area contributed by atoms with Gasteiger partial charge in [-0.1, -0.05) is 13.3 Å². The van der Waals surface area contributed by atoms with Crippen LogP contribution in [0.3, 0.4) is 0 Å². The second-order valence-electron chi connectivity index (χ2n) is 6.58. The van der Waals surface area contributed by atoms with E-state index in [9.17, 15) is 4.79 Å². The minimum Gasteiger partial charge on any atom is -0.342 e. The molecular weight excluding hydrogens is 236 g/mol. The Morgan fingerprint density at radius 3 is 2.42 bits per heavy atom. The summed E-state index contributed by atoms with van der Waals surface area (Å²) in [6.07, 6.45) is 9.38. The highest BCUT2D eigenvalue weighted by molar-refractivity contribution is 5.76. The van der Waals surface area contributed by atoms with Gasteiger partial charge in [-0.15, -0.1) is 0 Å². The van der Waals surface area contributed by atoms with Crippen molar-refractivity contribution < 1.29 is 4.79 Å². The lowest BCUT2D eigenvalue weighted by Crippen LogP contribution is -2.40. The van der Waals surface area contributed by atoms with Crippen LogP contribution in [0.4, 0.5) is 0 Å². The predicted molar refractivity (Wildman–Crippen MR) is 78.7 cm³/mol. The highest BCUT2D eigenvalue weighted by Crippen LogP contribution is 2.31. The van der Waals surface area contributed by atoms with E-state index in [0.29, 0.717) is 17.7 Å². The van der Waals surface area contributed by atoms with Gasteiger partial charge in [-0.3, -0.25) is 4.79 Å². The molecule has 110 valence electrons. The van der Waals surface area contributed by atoms with Crippen molar-refractivity contribution in [3.05, 3.63) is 0 Å². The summed E-state index contributed by atoms with van der Waals surface area (Å²) in [5, 5.41) is 0. The van der Waals surface area contributed by atoms with E-state index in [1.807, 2.05) is 0 Å². The van der Waals surface area contributed by atoms with Crippen molar-refractivity contribution in [1.29, 1.82) is 0 Å². The number of rotatable bonds is 4. The van der Waals surface area contributed by atoms with Crippen LogP contribution in [0.1, 0.15) is 58.3 Å². The Bertz CT molecular complexity index is 284. The monoisotopic (exact) mass is 266 g/mol. The molecule has 0 aromatic rings. The Morgan fingerprint density at radius 2 is 1.79 bits per heavy atom. The molecule has 19 heavy (non-hydrogen) atoms. The van der Waals surface area contributed by atoms with Crippen molar-refractivity contribution in [2.45, 2.75) is 58.3 Å². The Hall–Kier alpha value is -0.570. The SMILES string of the molecule is CCC1CCCN(C(=O)CC2CCC(CN)CC2)C1. The Balaban J connectivity index is 1.75. The van der Waals surface area contributed by atoms with E-state index in [1.54, 1.807) is 0 Å². The smallest absolute Gasteiger partial charge is 0.222 e. The van der Waals surface area contributed by atoms with Crippen molar-refractivity contribution in [3.63, 3.8) is 0 Å². The van der Waals surface area contributed by atoms with Crippen LogP contribution in [0, 0.1) is 17.8 Å². The summed E-state index contributed by atoms with van der Waals surface area (Å²) in [7, 11) is 0. The summed E-state index contributed by atoms with van der Waals surface area (Å²) in [4.78, 5) is 14.5. The van der Waals surface area contributed by atoms with Crippen LogP contribution in [0.2, 0.25) is 0 Å². The van der Waals surface area contributed by atoms with Gasteiger partial charge in [0.05, 0.1) is 0 Å². The second kappa shape index (κ2) is 7.28. The molecule has 3 heteroatoms. The fourth-order valence-electron chi connectivity index (χ4n) is 3.67. The molecule has 1 aliphatic carbocycles. The molecule has 2 N–H and O–H groups in total. The van der Waals surface area contributed by atoms with Gasteiger partial charge in [0, 0.05) is 19.5 Å². The van der Waals surface area contributed by atoms with Crippen LogP contribution in [0.5, 0.6) is 0 Å². The van der Waals surface area contributed by atoms with Crippen molar-refractivity contribution >= 4 is 5.91 Å². The van der Waals surface area contributed by atoms with Crippen LogP contribution in [0.25, 0.3) is 0 Å². The fraction of sp³-hybridized carbons (Fsp3) is 0.938. The van der Waals surface area contributed by atoms with Gasteiger partial charge in [-0.25, -0.2) is 0 Å². The molecule has 1 unspecified atom stereocenters. The van der Waals surface area contributed by atoms with Gasteiger partial charge >= 0.3 is 0 Å². The molecule has 1 heterocycles. The number of carbonyl (C=O) groups is 1. The lowest BCUT2D eigenvalue weighted by Gasteiger charge is -2.34. The number of hydrogen-bond acceptors (Lipinski definition) is 2. The molecule has 1 aliphatic heterocycles. The van der Waals surface area contributed by atoms with Crippen LogP contribution < -0.4 is 5.73 Å². The van der Waals surface area contributed by atoms with E-state index in [4.69, 9.17) is 5.73 Å². The molecule has 3 nitrogen and oxygen atoms in total. The highest BCUT2D eigenvalue weighted by Gasteiger charge is 2.27. The highest BCUT2D eigenvalue weighted by atomic mass is 16.2. The van der Waals surface area contributed by atoms with E-state index >= 15 is 0 Å². The van der Waals surface area contributed by atoms with Crippen molar-refractivity contribution in [1.82, 2.24) is 4.90 Å². The molecule has 1 amide bonds. The van der Waals surface area contributed by atoms with E-state index in [2.05, 4.69) is 11.8 Å². The minimum atomic E-state index is 0.411. The first kappa shape index (κ1) is 14.8. The minimum absolute atomic E-state index is 0.411. The number of carbonyl (C=O) groups excluding carboxylic acids is 1. The van der Waals surface area contributed by atoms with Gasteiger partial charge < -0.3 is 10.6 Å². The molecule has 1 saturated carbocycles. The normalized spacial score (nSPS) is 32.3. The van der Waals surface area contributed by atoms with Crippen molar-refractivity contribution in [3.8, 4) is 0 Å². The molecule has 0 aromatic carbocycles. The first-order chi connectivity index (χ1) is 9.22. The molecule has 2 fully saturated rings. The maximum atomic E-state index is 12.4. The Kier molecular flexibility index (Phi) is 5.68. The van der Waals surface area contributed by atoms with Crippen molar-refractivity contribution in [2.24, 2.45) is 23.5 Å². The summed E-state index contributed by atoms with van der Waals surface area (Å²) in [6, 6.07) is 0. The molecule has 1 saturated heterocycles. The van der Waals surface area contributed by atoms with E-state index in [-0.39, 0.29) is 0 Å². The third kappa shape index (κ3) is 4.20. The zero-order chi connectivity index (χ0) is 13.7. The maximum absolute atomic E-state index is 12.4. The molecule has 1 atom stereocenters. The van der Waals surface area contributed by atoms with E-state index in [0.717, 1.165) is 32.0 Å². The van der Waals surface area contributed by atoms with Gasteiger partial charge in [-0.05, 0) is 62.8 Å². The van der Waals surface area contributed by atoms with Gasteiger partial charge in [0.15, 0.2) is 0 Å². The summed E-state index contributed by atoms with van der Waals surface area (Å²) in [5.74, 6) is 2.49. The van der Waals surface area contributed by atoms with Crippen LogP contribution in [-0.4, -0.2) is 30.4 Å². The number of nitrogens with two attached hydrogens (primary N) is 1. The number of piperidine rings is 1. The molecular formula is C16H30N2O. The molecule has 0 bridgehead atoms. The Morgan fingerprint density at radius 1 is 1.11 bits per heavy atom. The molecule has 0 spiro atoms. The fourth-order valence-corrected chi connectivity index (χ4v) is 3.67. The van der Waals surface area contributed by atoms with Crippen molar-refractivity contribution in [2.75, 3.05) is 19.6 Å². The maximum Gasteiger partial charge on any atom is 0.222 e. The number of hydrogen-bond donors (Lipinski definition) is 1. The lowest BCUT2D eigenvalue weighted by atomic mass is 9.80. The topological polar surface area (TPSA) is 46.3 Å². The van der Waals surface area contributed by atoms with Crippen LogP contribution >= 0.6 is 0 Å². The lowest BCUT2D eigenvalue weighted by molar-refractivity contribution is -0.134. The molecule has 2 rings (SSSR count). The largest absolute Gasteiger partial charge is 0.342 e. The standard InChI is InChI=1S/C16H30N2O/c1-2-13-4-3-9-18(12-13)16(19)10-14-5-7-15(11-17)8-6-14/h13-15H,2-12,17H2,1H3. The number of nitrogens with zero attached hydrogens (tertiary/aromatic N) is 1. The third-order valence-corrected chi connectivity index (χ3v) is 5.21. The van der Waals surface area contributed by atoms with E-state index < -0.39 is 0 Å². The number of likely N-dealkylation sites (tertiary alicyclic amines) is 1. The van der Waals surface area contributed by atoms with Crippen LogP contribution in [0.15, 0.2) is 0 Å². The molecule has 0 aromatic heterocycles. The van der Waals surface area contributed by atoms with Crippen LogP contribution in [-0.2, 0) is 4.79 Å². The van der Waals surface area contributed by atoms with Gasteiger partial charge in [0.2, 0.25) is 5.91 Å². The summed E-state index contributed by atoms with van der Waals surface area (Å²) >= 11 is 0. The predicted octanol–water partition coefficient (Wildman–Crippen LogP) is 2.79. The first-order valence-corrected chi connectivity index (χ1v) is 8.20. The molecule has 0 radical (unpaired) electrons. The second-order valence-corrected chi connectivity index (χ2v) is 6.58.